The number of hydrogen-bond acceptors (Lipinski definition) is 4. The smallest absolute Gasteiger partial charge is 0.273 e. The van der Waals surface area contributed by atoms with Crippen molar-refractivity contribution in [3.63, 3.8) is 0 Å². The van der Waals surface area contributed by atoms with Gasteiger partial charge in [-0.25, -0.2) is 0 Å². The normalized spacial score (nSPS) is 15.7. The Morgan fingerprint density at radius 2 is 1.81 bits per heavy atom. The standard InChI is InChI=1S/C20H21N3O3/c1-2-7-19(24)21-15-10-6-11-16(12-15)22-20(25)17-13-18(26-23-17)14-8-4-3-5-9-14/h3-6,8-12,18H,2,7,13H2,1H3,(H,21,24)(H,22,25). The molecule has 0 fully saturated rings. The third-order valence-corrected chi connectivity index (χ3v) is 3.98. The van der Waals surface area contributed by atoms with E-state index in [2.05, 4.69) is 15.8 Å². The maximum absolute atomic E-state index is 12.4. The molecule has 2 N–H and O–H groups in total. The highest BCUT2D eigenvalue weighted by molar-refractivity contribution is 6.43. The first-order valence-corrected chi connectivity index (χ1v) is 8.64. The van der Waals surface area contributed by atoms with E-state index in [9.17, 15) is 9.59 Å². The Hall–Kier alpha value is -3.15. The number of anilines is 2. The number of carbonyl (C=O) groups excluding carboxylic acids is 2. The van der Waals surface area contributed by atoms with Crippen LogP contribution in [0.1, 0.15) is 37.9 Å². The van der Waals surface area contributed by atoms with Crippen molar-refractivity contribution in [2.75, 3.05) is 10.6 Å². The van der Waals surface area contributed by atoms with E-state index in [-0.39, 0.29) is 17.9 Å². The molecule has 1 heterocycles. The minimum atomic E-state index is -0.305. The SMILES string of the molecule is CCCC(=O)Nc1cccc(NC(=O)C2=NOC(c3ccccc3)C2)c1. The largest absolute Gasteiger partial charge is 0.387 e. The van der Waals surface area contributed by atoms with Gasteiger partial charge in [-0.1, -0.05) is 48.5 Å². The first-order chi connectivity index (χ1) is 12.7. The zero-order valence-corrected chi connectivity index (χ0v) is 14.6. The maximum Gasteiger partial charge on any atom is 0.273 e. The average molecular weight is 351 g/mol. The number of oxime groups is 1. The van der Waals surface area contributed by atoms with Gasteiger partial charge in [0.2, 0.25) is 5.91 Å². The number of benzene rings is 2. The molecule has 2 amide bonds. The molecule has 3 rings (SSSR count). The van der Waals surface area contributed by atoms with Crippen molar-refractivity contribution in [1.29, 1.82) is 0 Å². The monoisotopic (exact) mass is 351 g/mol. The van der Waals surface area contributed by atoms with Crippen LogP contribution in [0.3, 0.4) is 0 Å². The third kappa shape index (κ3) is 4.47. The summed E-state index contributed by atoms with van der Waals surface area (Å²) in [5, 5.41) is 9.53. The zero-order valence-electron chi connectivity index (χ0n) is 14.6. The van der Waals surface area contributed by atoms with Crippen LogP contribution in [0.15, 0.2) is 59.8 Å². The highest BCUT2D eigenvalue weighted by Gasteiger charge is 2.27. The number of carbonyl (C=O) groups is 2. The van der Waals surface area contributed by atoms with E-state index in [1.807, 2.05) is 37.3 Å². The van der Waals surface area contributed by atoms with Crippen molar-refractivity contribution in [1.82, 2.24) is 0 Å². The van der Waals surface area contributed by atoms with Crippen LogP contribution < -0.4 is 10.6 Å². The second-order valence-electron chi connectivity index (χ2n) is 6.08. The van der Waals surface area contributed by atoms with Gasteiger partial charge in [-0.05, 0) is 30.2 Å². The topological polar surface area (TPSA) is 79.8 Å². The van der Waals surface area contributed by atoms with Gasteiger partial charge in [0.1, 0.15) is 5.71 Å². The maximum atomic E-state index is 12.4. The fraction of sp³-hybridized carbons (Fsp3) is 0.250. The van der Waals surface area contributed by atoms with Crippen molar-refractivity contribution >= 4 is 28.9 Å². The molecule has 6 nitrogen and oxygen atoms in total. The fourth-order valence-electron chi connectivity index (χ4n) is 2.69. The van der Waals surface area contributed by atoms with Crippen molar-refractivity contribution in [3.05, 3.63) is 60.2 Å². The van der Waals surface area contributed by atoms with Crippen LogP contribution in [0, 0.1) is 0 Å². The molecule has 1 atom stereocenters. The second kappa shape index (κ2) is 8.29. The number of nitrogens with zero attached hydrogens (tertiary/aromatic N) is 1. The van der Waals surface area contributed by atoms with Crippen LogP contribution in [-0.2, 0) is 14.4 Å². The molecule has 0 radical (unpaired) electrons. The number of amides is 2. The van der Waals surface area contributed by atoms with Gasteiger partial charge < -0.3 is 15.5 Å². The molecule has 6 heteroatoms. The molecule has 0 saturated carbocycles. The fourth-order valence-corrected chi connectivity index (χ4v) is 2.69. The first kappa shape index (κ1) is 17.7. The van der Waals surface area contributed by atoms with Gasteiger partial charge in [0, 0.05) is 24.2 Å². The molecule has 1 unspecified atom stereocenters. The van der Waals surface area contributed by atoms with Crippen LogP contribution >= 0.6 is 0 Å². The Balaban J connectivity index is 1.59. The van der Waals surface area contributed by atoms with E-state index in [1.54, 1.807) is 24.3 Å². The lowest BCUT2D eigenvalue weighted by Crippen LogP contribution is -2.22. The minimum absolute atomic E-state index is 0.0461. The third-order valence-electron chi connectivity index (χ3n) is 3.98. The van der Waals surface area contributed by atoms with Gasteiger partial charge in [0.15, 0.2) is 6.10 Å². The van der Waals surface area contributed by atoms with Crippen LogP contribution in [0.4, 0.5) is 11.4 Å². The molecule has 0 aliphatic carbocycles. The average Bonchev–Trinajstić information content (AvgIpc) is 3.13. The van der Waals surface area contributed by atoms with Crippen molar-refractivity contribution in [2.24, 2.45) is 5.16 Å². The van der Waals surface area contributed by atoms with Crippen molar-refractivity contribution in [2.45, 2.75) is 32.3 Å². The van der Waals surface area contributed by atoms with E-state index in [1.165, 1.54) is 0 Å². The van der Waals surface area contributed by atoms with Crippen molar-refractivity contribution < 1.29 is 14.4 Å². The number of nitrogens with one attached hydrogen (secondary N) is 2. The summed E-state index contributed by atoms with van der Waals surface area (Å²) in [5.41, 5.74) is 2.57. The van der Waals surface area contributed by atoms with Gasteiger partial charge in [0.25, 0.3) is 5.91 Å². The van der Waals surface area contributed by atoms with Gasteiger partial charge in [-0.2, -0.15) is 0 Å². The summed E-state index contributed by atoms with van der Waals surface area (Å²) in [6.07, 6.45) is 1.43. The lowest BCUT2D eigenvalue weighted by molar-refractivity contribution is -0.116. The van der Waals surface area contributed by atoms with Crippen LogP contribution in [0.25, 0.3) is 0 Å². The molecule has 2 aromatic carbocycles. The van der Waals surface area contributed by atoms with Gasteiger partial charge >= 0.3 is 0 Å². The Morgan fingerprint density at radius 3 is 2.54 bits per heavy atom. The zero-order chi connectivity index (χ0) is 18.4. The minimum Gasteiger partial charge on any atom is -0.387 e. The summed E-state index contributed by atoms with van der Waals surface area (Å²) in [4.78, 5) is 29.5. The molecule has 0 saturated heterocycles. The van der Waals surface area contributed by atoms with Crippen molar-refractivity contribution in [3.8, 4) is 0 Å². The van der Waals surface area contributed by atoms with Gasteiger partial charge in [0.05, 0.1) is 0 Å². The molecule has 26 heavy (non-hydrogen) atoms. The van der Waals surface area contributed by atoms with E-state index in [0.29, 0.717) is 29.9 Å². The molecular weight excluding hydrogens is 330 g/mol. The summed E-state index contributed by atoms with van der Waals surface area (Å²) in [5.74, 6) is -0.351. The molecular formula is C20H21N3O3. The number of rotatable bonds is 6. The summed E-state index contributed by atoms with van der Waals surface area (Å²) in [6.45, 7) is 1.95. The number of hydrogen-bond donors (Lipinski definition) is 2. The summed E-state index contributed by atoms with van der Waals surface area (Å²) in [6, 6.07) is 16.7. The van der Waals surface area contributed by atoms with Crippen LogP contribution in [0.5, 0.6) is 0 Å². The lowest BCUT2D eigenvalue weighted by Gasteiger charge is -2.09. The second-order valence-corrected chi connectivity index (χ2v) is 6.08. The first-order valence-electron chi connectivity index (χ1n) is 8.64. The van der Waals surface area contributed by atoms with E-state index in [0.717, 1.165) is 12.0 Å². The summed E-state index contributed by atoms with van der Waals surface area (Å²) in [7, 11) is 0. The van der Waals surface area contributed by atoms with Crippen LogP contribution in [-0.4, -0.2) is 17.5 Å². The quantitative estimate of drug-likeness (QED) is 0.829. The predicted molar refractivity (Wildman–Crippen MR) is 101 cm³/mol. The molecule has 134 valence electrons. The molecule has 1 aliphatic rings. The van der Waals surface area contributed by atoms with E-state index >= 15 is 0 Å². The Labute approximate surface area is 152 Å². The van der Waals surface area contributed by atoms with E-state index < -0.39 is 0 Å². The van der Waals surface area contributed by atoms with Gasteiger partial charge in [-0.15, -0.1) is 0 Å². The Kier molecular flexibility index (Phi) is 5.63. The summed E-state index contributed by atoms with van der Waals surface area (Å²) >= 11 is 0. The predicted octanol–water partition coefficient (Wildman–Crippen LogP) is 3.88. The van der Waals surface area contributed by atoms with Gasteiger partial charge in [-0.3, -0.25) is 9.59 Å². The Morgan fingerprint density at radius 1 is 1.08 bits per heavy atom. The summed E-state index contributed by atoms with van der Waals surface area (Å²) < 4.78 is 0. The Bertz CT molecular complexity index is 818. The molecule has 2 aromatic rings. The lowest BCUT2D eigenvalue weighted by atomic mass is 10.0. The molecule has 0 spiro atoms. The molecule has 1 aliphatic heterocycles. The van der Waals surface area contributed by atoms with E-state index in [4.69, 9.17) is 4.84 Å². The van der Waals surface area contributed by atoms with Crippen LogP contribution in [0.2, 0.25) is 0 Å². The highest BCUT2D eigenvalue weighted by atomic mass is 16.6. The molecule has 0 bridgehead atoms. The highest BCUT2D eigenvalue weighted by Crippen LogP contribution is 2.27. The molecule has 0 aromatic heterocycles.